The highest BCUT2D eigenvalue weighted by atomic mass is 16.5. The largest absolute Gasteiger partial charge is 0.457 e. The van der Waals surface area contributed by atoms with E-state index in [1.807, 2.05) is 38.1 Å². The molecule has 0 atom stereocenters. The van der Waals surface area contributed by atoms with Crippen molar-refractivity contribution in [3.63, 3.8) is 0 Å². The minimum absolute atomic E-state index is 0.664. The summed E-state index contributed by atoms with van der Waals surface area (Å²) in [6.07, 6.45) is 0.893. The monoisotopic (exact) mass is 286 g/mol. The molecule has 21 heavy (non-hydrogen) atoms. The maximum absolute atomic E-state index is 5.94. The van der Waals surface area contributed by atoms with E-state index in [1.54, 1.807) is 0 Å². The van der Waals surface area contributed by atoms with Crippen LogP contribution in [0.4, 0.5) is 5.69 Å². The first-order valence-electron chi connectivity index (χ1n) is 7.43. The molecule has 0 unspecified atom stereocenters. The van der Waals surface area contributed by atoms with Gasteiger partial charge in [0.25, 0.3) is 0 Å². The number of anilines is 1. The molecule has 3 nitrogen and oxygen atoms in total. The van der Waals surface area contributed by atoms with E-state index in [0.29, 0.717) is 6.54 Å². The summed E-state index contributed by atoms with van der Waals surface area (Å²) in [6, 6.07) is 11.7. The lowest BCUT2D eigenvalue weighted by Crippen LogP contribution is -2.03. The Hall–Kier alpha value is -2.00. The Labute approximate surface area is 127 Å². The van der Waals surface area contributed by atoms with Crippen molar-refractivity contribution in [2.45, 2.75) is 34.1 Å². The Balaban J connectivity index is 0.00000106. The molecule has 2 rings (SSSR count). The van der Waals surface area contributed by atoms with E-state index < -0.39 is 0 Å². The van der Waals surface area contributed by atoms with Crippen LogP contribution in [0.1, 0.15) is 30.5 Å². The lowest BCUT2D eigenvalue weighted by Gasteiger charge is -2.13. The molecule has 0 amide bonds. The van der Waals surface area contributed by atoms with Gasteiger partial charge in [-0.3, -0.25) is 0 Å². The van der Waals surface area contributed by atoms with Crippen LogP contribution >= 0.6 is 0 Å². The Morgan fingerprint density at radius 1 is 0.952 bits per heavy atom. The maximum Gasteiger partial charge on any atom is 0.133 e. The highest BCUT2D eigenvalue weighted by Crippen LogP contribution is 2.30. The van der Waals surface area contributed by atoms with Crippen LogP contribution in [0.5, 0.6) is 11.5 Å². The van der Waals surface area contributed by atoms with Crippen molar-refractivity contribution in [3.05, 3.63) is 53.1 Å². The minimum atomic E-state index is 0.664. The molecule has 0 aromatic heterocycles. The fraction of sp³-hybridized carbons (Fsp3) is 0.333. The molecule has 0 heterocycles. The van der Waals surface area contributed by atoms with Crippen LogP contribution in [0, 0.1) is 13.8 Å². The smallest absolute Gasteiger partial charge is 0.133 e. The number of hydrogen-bond acceptors (Lipinski definition) is 3. The second-order valence-corrected chi connectivity index (χ2v) is 4.77. The van der Waals surface area contributed by atoms with E-state index in [1.165, 1.54) is 5.56 Å². The predicted molar refractivity (Wildman–Crippen MR) is 91.0 cm³/mol. The average Bonchev–Trinajstić information content (AvgIpc) is 2.47. The summed E-state index contributed by atoms with van der Waals surface area (Å²) >= 11 is 0. The molecule has 2 aromatic carbocycles. The lowest BCUT2D eigenvalue weighted by molar-refractivity contribution is 0.475. The van der Waals surface area contributed by atoms with Crippen molar-refractivity contribution in [2.75, 3.05) is 12.3 Å². The molecule has 0 saturated heterocycles. The Morgan fingerprint density at radius 2 is 1.48 bits per heavy atom. The van der Waals surface area contributed by atoms with Crippen LogP contribution in [0.2, 0.25) is 0 Å². The van der Waals surface area contributed by atoms with Crippen molar-refractivity contribution in [2.24, 2.45) is 5.73 Å². The van der Waals surface area contributed by atoms with Gasteiger partial charge in [-0.2, -0.15) is 0 Å². The first-order valence-corrected chi connectivity index (χ1v) is 7.43. The van der Waals surface area contributed by atoms with E-state index in [9.17, 15) is 0 Å². The Bertz CT molecular complexity index is 539. The molecule has 0 aliphatic heterocycles. The quantitative estimate of drug-likeness (QED) is 0.828. The fourth-order valence-electron chi connectivity index (χ4n) is 2.17. The van der Waals surface area contributed by atoms with Crippen LogP contribution in [0.15, 0.2) is 36.4 Å². The van der Waals surface area contributed by atoms with E-state index >= 15 is 0 Å². The molecule has 114 valence electrons. The molecule has 3 heteroatoms. The molecule has 0 aliphatic carbocycles. The molecule has 0 fully saturated rings. The van der Waals surface area contributed by atoms with Crippen LogP contribution < -0.4 is 16.2 Å². The molecular formula is C18H26N2O. The van der Waals surface area contributed by atoms with Crippen LogP contribution in [0.3, 0.4) is 0 Å². The van der Waals surface area contributed by atoms with E-state index in [4.69, 9.17) is 16.2 Å². The number of benzene rings is 2. The van der Waals surface area contributed by atoms with Gasteiger partial charge in [0.1, 0.15) is 11.5 Å². The summed E-state index contributed by atoms with van der Waals surface area (Å²) in [5.41, 5.74) is 15.5. The van der Waals surface area contributed by atoms with E-state index in [-0.39, 0.29) is 0 Å². The van der Waals surface area contributed by atoms with Gasteiger partial charge in [-0.1, -0.05) is 26.0 Å². The van der Waals surface area contributed by atoms with Crippen LogP contribution in [0.25, 0.3) is 0 Å². The van der Waals surface area contributed by atoms with Gasteiger partial charge in [0.15, 0.2) is 0 Å². The highest BCUT2D eigenvalue weighted by molar-refractivity contribution is 5.48. The van der Waals surface area contributed by atoms with Gasteiger partial charge >= 0.3 is 0 Å². The third kappa shape index (κ3) is 4.80. The summed E-state index contributed by atoms with van der Waals surface area (Å²) in [5.74, 6) is 1.71. The van der Waals surface area contributed by atoms with E-state index in [0.717, 1.165) is 34.7 Å². The fourth-order valence-corrected chi connectivity index (χ4v) is 2.17. The number of rotatable bonds is 4. The topological polar surface area (TPSA) is 61.3 Å². The van der Waals surface area contributed by atoms with Gasteiger partial charge < -0.3 is 16.2 Å². The van der Waals surface area contributed by atoms with Crippen molar-refractivity contribution < 1.29 is 4.74 Å². The normalized spacial score (nSPS) is 9.76. The third-order valence-corrected chi connectivity index (χ3v) is 3.05. The number of nitrogens with two attached hydrogens (primary N) is 2. The van der Waals surface area contributed by atoms with Gasteiger partial charge in [0, 0.05) is 5.69 Å². The zero-order chi connectivity index (χ0) is 15.8. The number of hydrogen-bond donors (Lipinski definition) is 2. The molecule has 4 N–H and O–H groups in total. The van der Waals surface area contributed by atoms with Gasteiger partial charge in [-0.25, -0.2) is 0 Å². The Kier molecular flexibility index (Phi) is 6.76. The molecule has 0 radical (unpaired) electrons. The first kappa shape index (κ1) is 17.1. The van der Waals surface area contributed by atoms with Crippen molar-refractivity contribution in [3.8, 4) is 11.5 Å². The summed E-state index contributed by atoms with van der Waals surface area (Å²) in [7, 11) is 0. The molecular weight excluding hydrogens is 260 g/mol. The summed E-state index contributed by atoms with van der Waals surface area (Å²) in [5, 5.41) is 0. The van der Waals surface area contributed by atoms with Gasteiger partial charge in [0.2, 0.25) is 0 Å². The summed E-state index contributed by atoms with van der Waals surface area (Å²) in [6.45, 7) is 8.77. The van der Waals surface area contributed by atoms with Gasteiger partial charge in [-0.05, 0) is 67.8 Å². The molecule has 0 aliphatic rings. The first-order chi connectivity index (χ1) is 10.1. The van der Waals surface area contributed by atoms with Crippen molar-refractivity contribution in [1.82, 2.24) is 0 Å². The summed E-state index contributed by atoms with van der Waals surface area (Å²) in [4.78, 5) is 0. The van der Waals surface area contributed by atoms with Gasteiger partial charge in [-0.15, -0.1) is 0 Å². The molecule has 0 spiro atoms. The molecule has 0 bridgehead atoms. The van der Waals surface area contributed by atoms with Crippen molar-refractivity contribution in [1.29, 1.82) is 0 Å². The molecule has 0 saturated carbocycles. The second-order valence-electron chi connectivity index (χ2n) is 4.77. The maximum atomic E-state index is 5.94. The van der Waals surface area contributed by atoms with Gasteiger partial charge in [0.05, 0.1) is 0 Å². The molecule has 2 aromatic rings. The zero-order valence-electron chi connectivity index (χ0n) is 13.4. The zero-order valence-corrected chi connectivity index (χ0v) is 13.4. The predicted octanol–water partition coefficient (Wildman–Crippen LogP) is 4.21. The third-order valence-electron chi connectivity index (χ3n) is 3.05. The summed E-state index contributed by atoms with van der Waals surface area (Å²) < 4.78 is 5.94. The average molecular weight is 286 g/mol. The van der Waals surface area contributed by atoms with Crippen LogP contribution in [-0.2, 0) is 6.42 Å². The number of ether oxygens (including phenoxy) is 1. The lowest BCUT2D eigenvalue weighted by atomic mass is 10.0. The number of nitrogen functional groups attached to an aromatic ring is 1. The van der Waals surface area contributed by atoms with Crippen LogP contribution in [-0.4, -0.2) is 6.54 Å². The SMILES string of the molecule is CC.Cc1cc(CCN)cc(C)c1Oc1ccc(N)cc1. The van der Waals surface area contributed by atoms with Crippen molar-refractivity contribution >= 4 is 5.69 Å². The Morgan fingerprint density at radius 3 is 1.95 bits per heavy atom. The minimum Gasteiger partial charge on any atom is -0.457 e. The second kappa shape index (κ2) is 8.32. The standard InChI is InChI=1S/C16H20N2O.C2H6/c1-11-9-13(7-8-17)10-12(2)16(11)19-15-5-3-14(18)4-6-15;1-2/h3-6,9-10H,7-8,17-18H2,1-2H3;1-2H3. The number of aryl methyl sites for hydroxylation is 2. The highest BCUT2D eigenvalue weighted by Gasteiger charge is 2.07. The van der Waals surface area contributed by atoms with E-state index in [2.05, 4.69) is 26.0 Å².